The van der Waals surface area contributed by atoms with E-state index in [4.69, 9.17) is 9.47 Å². The Bertz CT molecular complexity index is 956. The zero-order chi connectivity index (χ0) is 19.2. The molecule has 0 radical (unpaired) electrons. The molecule has 1 heterocycles. The van der Waals surface area contributed by atoms with Crippen LogP contribution >= 0.6 is 23.1 Å². The van der Waals surface area contributed by atoms with E-state index in [1.54, 1.807) is 0 Å². The third-order valence-electron chi connectivity index (χ3n) is 3.50. The molecule has 0 amide bonds. The average molecular weight is 405 g/mol. The standard InChI is InChI=1S/C19H16FNO4S2/c1-2-24-14-7-8-15-17(9-14)27-19(21-15)26-11-18(23)25-10-16(22)12-3-5-13(20)6-4-12/h3-9H,2,10-11H2,1H3. The maximum absolute atomic E-state index is 12.9. The van der Waals surface area contributed by atoms with Crippen LogP contribution in [0.2, 0.25) is 0 Å². The van der Waals surface area contributed by atoms with E-state index < -0.39 is 11.8 Å². The average Bonchev–Trinajstić information content (AvgIpc) is 3.07. The second-order valence-electron chi connectivity index (χ2n) is 5.42. The summed E-state index contributed by atoms with van der Waals surface area (Å²) in [5.41, 5.74) is 1.14. The molecule has 3 rings (SSSR count). The number of esters is 1. The minimum atomic E-state index is -0.510. The topological polar surface area (TPSA) is 65.5 Å². The van der Waals surface area contributed by atoms with Gasteiger partial charge >= 0.3 is 5.97 Å². The van der Waals surface area contributed by atoms with Crippen molar-refractivity contribution in [3.63, 3.8) is 0 Å². The summed E-state index contributed by atoms with van der Waals surface area (Å²) in [5.74, 6) is -0.482. The largest absolute Gasteiger partial charge is 0.494 e. The van der Waals surface area contributed by atoms with E-state index in [-0.39, 0.29) is 18.1 Å². The summed E-state index contributed by atoms with van der Waals surface area (Å²) in [4.78, 5) is 28.2. The lowest BCUT2D eigenvalue weighted by Gasteiger charge is -2.03. The molecule has 2 aromatic carbocycles. The second kappa shape index (κ2) is 8.96. The number of ketones is 1. The molecule has 0 aliphatic heterocycles. The molecule has 8 heteroatoms. The Morgan fingerprint density at radius 2 is 1.96 bits per heavy atom. The van der Waals surface area contributed by atoms with Crippen LogP contribution in [0.5, 0.6) is 5.75 Å². The van der Waals surface area contributed by atoms with Gasteiger partial charge in [-0.1, -0.05) is 11.8 Å². The number of ether oxygens (including phenoxy) is 2. The van der Waals surface area contributed by atoms with Gasteiger partial charge in [-0.05, 0) is 49.4 Å². The molecule has 0 aliphatic rings. The first-order valence-corrected chi connectivity index (χ1v) is 9.96. The minimum Gasteiger partial charge on any atom is -0.494 e. The van der Waals surface area contributed by atoms with Crippen LogP contribution in [0.15, 0.2) is 46.8 Å². The maximum Gasteiger partial charge on any atom is 0.316 e. The Labute approximate surface area is 163 Å². The van der Waals surface area contributed by atoms with Gasteiger partial charge in [-0.25, -0.2) is 9.37 Å². The molecule has 140 valence electrons. The van der Waals surface area contributed by atoms with Crippen molar-refractivity contribution in [1.29, 1.82) is 0 Å². The molecule has 0 saturated heterocycles. The van der Waals surface area contributed by atoms with Gasteiger partial charge < -0.3 is 9.47 Å². The summed E-state index contributed by atoms with van der Waals surface area (Å²) >= 11 is 2.72. The van der Waals surface area contributed by atoms with E-state index in [2.05, 4.69) is 4.98 Å². The number of thiazole rings is 1. The van der Waals surface area contributed by atoms with Crippen LogP contribution < -0.4 is 4.74 Å². The monoisotopic (exact) mass is 405 g/mol. The maximum atomic E-state index is 12.9. The highest BCUT2D eigenvalue weighted by atomic mass is 32.2. The van der Waals surface area contributed by atoms with Crippen LogP contribution in [-0.2, 0) is 9.53 Å². The highest BCUT2D eigenvalue weighted by Crippen LogP contribution is 2.31. The summed E-state index contributed by atoms with van der Waals surface area (Å²) in [6, 6.07) is 10.7. The first-order chi connectivity index (χ1) is 13.0. The van der Waals surface area contributed by atoms with E-state index in [9.17, 15) is 14.0 Å². The van der Waals surface area contributed by atoms with Gasteiger partial charge in [0.1, 0.15) is 11.6 Å². The van der Waals surface area contributed by atoms with Crippen LogP contribution in [0.1, 0.15) is 17.3 Å². The van der Waals surface area contributed by atoms with Crippen LogP contribution in [0.4, 0.5) is 4.39 Å². The number of aromatic nitrogens is 1. The molecule has 27 heavy (non-hydrogen) atoms. The Kier molecular flexibility index (Phi) is 6.41. The number of thioether (sulfide) groups is 1. The lowest BCUT2D eigenvalue weighted by molar-refractivity contribution is -0.139. The Balaban J connectivity index is 1.50. The third-order valence-corrected chi connectivity index (χ3v) is 5.63. The van der Waals surface area contributed by atoms with E-state index in [0.717, 1.165) is 20.3 Å². The van der Waals surface area contributed by atoms with Gasteiger partial charge in [-0.3, -0.25) is 9.59 Å². The summed E-state index contributed by atoms with van der Waals surface area (Å²) in [5, 5.41) is 0. The number of rotatable bonds is 8. The van der Waals surface area contributed by atoms with Crippen molar-refractivity contribution in [3.05, 3.63) is 53.8 Å². The van der Waals surface area contributed by atoms with E-state index in [1.165, 1.54) is 47.4 Å². The lowest BCUT2D eigenvalue weighted by Crippen LogP contribution is -2.15. The smallest absolute Gasteiger partial charge is 0.316 e. The highest BCUT2D eigenvalue weighted by molar-refractivity contribution is 8.01. The number of hydrogen-bond acceptors (Lipinski definition) is 7. The van der Waals surface area contributed by atoms with Crippen molar-refractivity contribution >= 4 is 45.1 Å². The first kappa shape index (κ1) is 19.3. The lowest BCUT2D eigenvalue weighted by atomic mass is 10.1. The van der Waals surface area contributed by atoms with Crippen molar-refractivity contribution in [2.45, 2.75) is 11.3 Å². The molecule has 0 aliphatic carbocycles. The van der Waals surface area contributed by atoms with Crippen molar-refractivity contribution < 1.29 is 23.5 Å². The molecule has 0 fully saturated rings. The van der Waals surface area contributed by atoms with Crippen molar-refractivity contribution in [2.24, 2.45) is 0 Å². The summed E-state index contributed by atoms with van der Waals surface area (Å²) < 4.78 is 25.0. The van der Waals surface area contributed by atoms with Crippen LogP contribution in [0.25, 0.3) is 10.2 Å². The molecule has 0 spiro atoms. The van der Waals surface area contributed by atoms with Crippen molar-refractivity contribution in [3.8, 4) is 5.75 Å². The van der Waals surface area contributed by atoms with E-state index in [1.807, 2.05) is 25.1 Å². The number of fused-ring (bicyclic) bond motifs is 1. The second-order valence-corrected chi connectivity index (χ2v) is 7.67. The molecule has 5 nitrogen and oxygen atoms in total. The molecule has 0 N–H and O–H groups in total. The Morgan fingerprint density at radius 3 is 2.70 bits per heavy atom. The minimum absolute atomic E-state index is 0.0504. The van der Waals surface area contributed by atoms with Gasteiger partial charge in [-0.2, -0.15) is 0 Å². The quantitative estimate of drug-likeness (QED) is 0.315. The van der Waals surface area contributed by atoms with Gasteiger partial charge in [0.25, 0.3) is 0 Å². The fourth-order valence-corrected chi connectivity index (χ4v) is 4.12. The number of carbonyl (C=O) groups is 2. The molecule has 3 aromatic rings. The molecular weight excluding hydrogens is 389 g/mol. The molecule has 0 atom stereocenters. The third kappa shape index (κ3) is 5.27. The van der Waals surface area contributed by atoms with Crippen LogP contribution in [0.3, 0.4) is 0 Å². The fraction of sp³-hybridized carbons (Fsp3) is 0.211. The molecule has 1 aromatic heterocycles. The molecule has 0 unspecified atom stereocenters. The zero-order valence-corrected chi connectivity index (χ0v) is 16.1. The number of nitrogens with zero attached hydrogens (tertiary/aromatic N) is 1. The van der Waals surface area contributed by atoms with Crippen LogP contribution in [0, 0.1) is 5.82 Å². The molecular formula is C19H16FNO4S2. The van der Waals surface area contributed by atoms with Gasteiger partial charge in [0.15, 0.2) is 16.7 Å². The first-order valence-electron chi connectivity index (χ1n) is 8.15. The molecule has 0 saturated carbocycles. The van der Waals surface area contributed by atoms with Gasteiger partial charge in [0.05, 0.1) is 22.6 Å². The van der Waals surface area contributed by atoms with Crippen LogP contribution in [-0.4, -0.2) is 35.7 Å². The van der Waals surface area contributed by atoms with Gasteiger partial charge in [0, 0.05) is 5.56 Å². The van der Waals surface area contributed by atoms with Crippen molar-refractivity contribution in [2.75, 3.05) is 19.0 Å². The molecule has 0 bridgehead atoms. The van der Waals surface area contributed by atoms with E-state index in [0.29, 0.717) is 12.2 Å². The normalized spacial score (nSPS) is 10.7. The van der Waals surface area contributed by atoms with Gasteiger partial charge in [-0.15, -0.1) is 11.3 Å². The Hall–Kier alpha value is -2.45. The SMILES string of the molecule is CCOc1ccc2nc(SCC(=O)OCC(=O)c3ccc(F)cc3)sc2c1. The Morgan fingerprint density at radius 1 is 1.19 bits per heavy atom. The summed E-state index contributed by atoms with van der Waals surface area (Å²) in [7, 11) is 0. The predicted molar refractivity (Wildman–Crippen MR) is 103 cm³/mol. The highest BCUT2D eigenvalue weighted by Gasteiger charge is 2.12. The predicted octanol–water partition coefficient (Wildman–Crippen LogP) is 4.35. The summed E-state index contributed by atoms with van der Waals surface area (Å²) in [6.45, 7) is 2.14. The number of benzene rings is 2. The van der Waals surface area contributed by atoms with Gasteiger partial charge in [0.2, 0.25) is 0 Å². The summed E-state index contributed by atoms with van der Waals surface area (Å²) in [6.07, 6.45) is 0. The van der Waals surface area contributed by atoms with Crippen molar-refractivity contribution in [1.82, 2.24) is 4.98 Å². The number of carbonyl (C=O) groups excluding carboxylic acids is 2. The number of hydrogen-bond donors (Lipinski definition) is 0. The number of halogens is 1. The zero-order valence-electron chi connectivity index (χ0n) is 14.4. The fourth-order valence-electron chi connectivity index (χ4n) is 2.23. The number of Topliss-reactive ketones (excluding diaryl/α,β-unsaturated/α-hetero) is 1. The van der Waals surface area contributed by atoms with E-state index >= 15 is 0 Å².